The molecule has 10 heteroatoms. The third kappa shape index (κ3) is 3.80. The highest BCUT2D eigenvalue weighted by molar-refractivity contribution is 5.89. The van der Waals surface area contributed by atoms with Gasteiger partial charge in [-0.1, -0.05) is 12.1 Å². The molecule has 4 rings (SSSR count). The maximum Gasteiger partial charge on any atom is 0.573 e. The first-order valence-corrected chi connectivity index (χ1v) is 8.44. The third-order valence-corrected chi connectivity index (χ3v) is 4.16. The number of hydrogen-bond donors (Lipinski definition) is 1. The Bertz CT molecular complexity index is 1100. The van der Waals surface area contributed by atoms with Gasteiger partial charge in [0.15, 0.2) is 0 Å². The van der Waals surface area contributed by atoms with Gasteiger partial charge in [-0.25, -0.2) is 9.97 Å². The fourth-order valence-electron chi connectivity index (χ4n) is 2.90. The summed E-state index contributed by atoms with van der Waals surface area (Å²) in [7, 11) is 0. The quantitative estimate of drug-likeness (QED) is 0.564. The Morgan fingerprint density at radius 1 is 1.04 bits per heavy atom. The summed E-state index contributed by atoms with van der Waals surface area (Å²) >= 11 is 0. The maximum atomic E-state index is 12.2. The van der Waals surface area contributed by atoms with E-state index in [4.69, 9.17) is 0 Å². The predicted octanol–water partition coefficient (Wildman–Crippen LogP) is 3.67. The first-order valence-electron chi connectivity index (χ1n) is 8.44. The molecule has 144 valence electrons. The molecule has 0 aliphatic rings. The number of alkyl halides is 3. The summed E-state index contributed by atoms with van der Waals surface area (Å²) in [4.78, 5) is 13.1. The number of halogens is 3. The van der Waals surface area contributed by atoms with E-state index in [2.05, 4.69) is 29.9 Å². The Labute approximate surface area is 157 Å². The highest BCUT2D eigenvalue weighted by Crippen LogP contribution is 2.25. The van der Waals surface area contributed by atoms with E-state index in [-0.39, 0.29) is 5.75 Å². The SMILES string of the molecule is Cc1nn(CCc2ccc(OC(F)(F)F)cc2)nc1-c1ncnc2[nH]ccc12. The zero-order valence-corrected chi connectivity index (χ0v) is 14.7. The largest absolute Gasteiger partial charge is 0.573 e. The second-order valence-electron chi connectivity index (χ2n) is 6.13. The van der Waals surface area contributed by atoms with Crippen LogP contribution in [0.4, 0.5) is 13.2 Å². The molecule has 0 radical (unpaired) electrons. The third-order valence-electron chi connectivity index (χ3n) is 4.16. The van der Waals surface area contributed by atoms with Crippen molar-refractivity contribution in [3.8, 4) is 17.1 Å². The number of aromatic amines is 1. The van der Waals surface area contributed by atoms with Crippen molar-refractivity contribution in [1.82, 2.24) is 29.9 Å². The van der Waals surface area contributed by atoms with Crippen molar-refractivity contribution in [2.45, 2.75) is 26.3 Å². The lowest BCUT2D eigenvalue weighted by Crippen LogP contribution is -2.17. The normalized spacial score (nSPS) is 11.9. The molecule has 4 aromatic rings. The van der Waals surface area contributed by atoms with Crippen LogP contribution in [0.25, 0.3) is 22.4 Å². The molecule has 0 spiro atoms. The van der Waals surface area contributed by atoms with E-state index in [1.54, 1.807) is 23.1 Å². The highest BCUT2D eigenvalue weighted by Gasteiger charge is 2.30. The molecule has 1 aromatic carbocycles. The van der Waals surface area contributed by atoms with Crippen LogP contribution in [-0.2, 0) is 13.0 Å². The van der Waals surface area contributed by atoms with Crippen LogP contribution in [0, 0.1) is 6.92 Å². The van der Waals surface area contributed by atoms with Gasteiger partial charge in [-0.15, -0.1) is 13.2 Å². The van der Waals surface area contributed by atoms with E-state index in [9.17, 15) is 13.2 Å². The van der Waals surface area contributed by atoms with E-state index in [1.807, 2.05) is 13.0 Å². The van der Waals surface area contributed by atoms with Gasteiger partial charge in [0.05, 0.1) is 12.2 Å². The summed E-state index contributed by atoms with van der Waals surface area (Å²) in [5.41, 5.74) is 3.67. The lowest BCUT2D eigenvalue weighted by atomic mass is 10.1. The van der Waals surface area contributed by atoms with Crippen molar-refractivity contribution in [3.05, 3.63) is 54.1 Å². The van der Waals surface area contributed by atoms with Crippen LogP contribution in [0.5, 0.6) is 5.75 Å². The van der Waals surface area contributed by atoms with Gasteiger partial charge in [0.1, 0.15) is 29.1 Å². The zero-order valence-electron chi connectivity index (χ0n) is 14.7. The zero-order chi connectivity index (χ0) is 19.7. The molecule has 0 saturated carbocycles. The molecule has 3 aromatic heterocycles. The number of H-pyrrole nitrogens is 1. The molecule has 0 atom stereocenters. The van der Waals surface area contributed by atoms with Crippen LogP contribution in [0.3, 0.4) is 0 Å². The number of aromatic nitrogens is 6. The number of nitrogens with zero attached hydrogens (tertiary/aromatic N) is 5. The molecule has 1 N–H and O–H groups in total. The monoisotopic (exact) mass is 388 g/mol. The topological polar surface area (TPSA) is 81.5 Å². The number of rotatable bonds is 5. The minimum absolute atomic E-state index is 0.245. The summed E-state index contributed by atoms with van der Waals surface area (Å²) in [6.07, 6.45) is -0.879. The van der Waals surface area contributed by atoms with Crippen molar-refractivity contribution < 1.29 is 17.9 Å². The van der Waals surface area contributed by atoms with Crippen molar-refractivity contribution >= 4 is 11.0 Å². The number of nitrogens with one attached hydrogen (secondary N) is 1. The molecule has 0 unspecified atom stereocenters. The second-order valence-corrected chi connectivity index (χ2v) is 6.13. The fraction of sp³-hybridized carbons (Fsp3) is 0.222. The van der Waals surface area contributed by atoms with E-state index >= 15 is 0 Å². The van der Waals surface area contributed by atoms with Crippen LogP contribution in [0.1, 0.15) is 11.3 Å². The number of hydrogen-bond acceptors (Lipinski definition) is 5. The molecule has 0 saturated heterocycles. The van der Waals surface area contributed by atoms with Crippen LogP contribution in [0.2, 0.25) is 0 Å². The molecule has 0 bridgehead atoms. The van der Waals surface area contributed by atoms with Crippen molar-refractivity contribution in [1.29, 1.82) is 0 Å². The number of aryl methyl sites for hydroxylation is 3. The van der Waals surface area contributed by atoms with E-state index < -0.39 is 6.36 Å². The Kier molecular flexibility index (Phi) is 4.46. The molecular formula is C18H15F3N6O. The molecule has 3 heterocycles. The highest BCUT2D eigenvalue weighted by atomic mass is 19.4. The average molecular weight is 388 g/mol. The smallest absolute Gasteiger partial charge is 0.406 e. The molecular weight excluding hydrogens is 373 g/mol. The van der Waals surface area contributed by atoms with Gasteiger partial charge in [-0.05, 0) is 37.1 Å². The standard InChI is InChI=1S/C18H15F3N6O/c1-11-15(16-14-6-8-22-17(14)24-10-23-16)26-27(25-11)9-7-12-2-4-13(5-3-12)28-18(19,20)21/h2-6,8,10H,7,9H2,1H3,(H,22,23,24). The first-order chi connectivity index (χ1) is 13.4. The minimum atomic E-state index is -4.69. The van der Waals surface area contributed by atoms with Gasteiger partial charge in [0, 0.05) is 11.6 Å². The number of fused-ring (bicyclic) bond motifs is 1. The van der Waals surface area contributed by atoms with Crippen LogP contribution >= 0.6 is 0 Å². The van der Waals surface area contributed by atoms with Gasteiger partial charge < -0.3 is 9.72 Å². The van der Waals surface area contributed by atoms with Gasteiger partial charge >= 0.3 is 6.36 Å². The van der Waals surface area contributed by atoms with Gasteiger partial charge in [-0.2, -0.15) is 15.0 Å². The lowest BCUT2D eigenvalue weighted by molar-refractivity contribution is -0.274. The Balaban J connectivity index is 1.48. The molecule has 0 fully saturated rings. The summed E-state index contributed by atoms with van der Waals surface area (Å²) < 4.78 is 40.5. The van der Waals surface area contributed by atoms with E-state index in [0.29, 0.717) is 24.4 Å². The Hall–Kier alpha value is -3.43. The Morgan fingerprint density at radius 2 is 1.82 bits per heavy atom. The molecule has 0 aliphatic carbocycles. The fourth-order valence-corrected chi connectivity index (χ4v) is 2.90. The summed E-state index contributed by atoms with van der Waals surface area (Å²) in [6.45, 7) is 2.32. The molecule has 7 nitrogen and oxygen atoms in total. The predicted molar refractivity (Wildman–Crippen MR) is 94.5 cm³/mol. The number of benzene rings is 1. The Morgan fingerprint density at radius 3 is 2.57 bits per heavy atom. The van der Waals surface area contributed by atoms with E-state index in [1.165, 1.54) is 18.5 Å². The van der Waals surface area contributed by atoms with E-state index in [0.717, 1.165) is 22.3 Å². The number of ether oxygens (including phenoxy) is 1. The summed E-state index contributed by atoms with van der Waals surface area (Å²) in [5.74, 6) is -0.245. The van der Waals surface area contributed by atoms with Crippen LogP contribution in [-0.4, -0.2) is 36.3 Å². The van der Waals surface area contributed by atoms with Crippen LogP contribution in [0.15, 0.2) is 42.9 Å². The average Bonchev–Trinajstić information content (AvgIpc) is 3.26. The maximum absolute atomic E-state index is 12.2. The molecule has 0 aliphatic heterocycles. The summed E-state index contributed by atoms with van der Waals surface area (Å²) in [5, 5.41) is 9.80. The lowest BCUT2D eigenvalue weighted by Gasteiger charge is -2.09. The van der Waals surface area contributed by atoms with Gasteiger partial charge in [-0.3, -0.25) is 0 Å². The minimum Gasteiger partial charge on any atom is -0.406 e. The first kappa shape index (κ1) is 18.0. The molecule has 28 heavy (non-hydrogen) atoms. The van der Waals surface area contributed by atoms with Gasteiger partial charge in [0.25, 0.3) is 0 Å². The summed E-state index contributed by atoms with van der Waals surface area (Å²) in [6, 6.07) is 7.64. The molecule has 0 amide bonds. The van der Waals surface area contributed by atoms with Gasteiger partial charge in [0.2, 0.25) is 0 Å². The second kappa shape index (κ2) is 6.95. The van der Waals surface area contributed by atoms with Crippen molar-refractivity contribution in [2.24, 2.45) is 0 Å². The van der Waals surface area contributed by atoms with Crippen molar-refractivity contribution in [2.75, 3.05) is 0 Å². The van der Waals surface area contributed by atoms with Crippen molar-refractivity contribution in [3.63, 3.8) is 0 Å². The van der Waals surface area contributed by atoms with Crippen LogP contribution < -0.4 is 4.74 Å².